The summed E-state index contributed by atoms with van der Waals surface area (Å²) in [5, 5.41) is 0. The fraction of sp³-hybridized carbons (Fsp3) is 0.545. The molecule has 0 amide bonds. The van der Waals surface area contributed by atoms with Crippen molar-refractivity contribution in [2.45, 2.75) is 26.0 Å². The lowest BCUT2D eigenvalue weighted by Gasteiger charge is -2.23. The van der Waals surface area contributed by atoms with E-state index in [-0.39, 0.29) is 6.23 Å². The predicted molar refractivity (Wildman–Crippen MR) is 59.5 cm³/mol. The smallest absolute Gasteiger partial charge is 0.214 e. The number of aromatic nitrogens is 1. The Hall–Kier alpha value is -1.29. The Labute approximate surface area is 90.0 Å². The normalized spacial score (nSPS) is 19.0. The van der Waals surface area contributed by atoms with Crippen LogP contribution in [0.2, 0.25) is 0 Å². The second-order valence-electron chi connectivity index (χ2n) is 3.89. The van der Waals surface area contributed by atoms with Crippen molar-refractivity contribution in [3.05, 3.63) is 18.3 Å². The molecule has 0 radical (unpaired) electrons. The summed E-state index contributed by atoms with van der Waals surface area (Å²) >= 11 is 0. The van der Waals surface area contributed by atoms with Crippen LogP contribution >= 0.6 is 0 Å². The van der Waals surface area contributed by atoms with Crippen LogP contribution in [0, 0.1) is 0 Å². The third-order valence-electron chi connectivity index (χ3n) is 2.71. The van der Waals surface area contributed by atoms with Crippen molar-refractivity contribution < 1.29 is 4.74 Å². The number of hydrogen-bond donors (Lipinski definition) is 1. The molecule has 1 unspecified atom stereocenters. The van der Waals surface area contributed by atoms with Gasteiger partial charge in [0.25, 0.3) is 0 Å². The fourth-order valence-corrected chi connectivity index (χ4v) is 1.82. The van der Waals surface area contributed by atoms with E-state index in [2.05, 4.69) is 16.8 Å². The van der Waals surface area contributed by atoms with Crippen LogP contribution in [-0.4, -0.2) is 29.2 Å². The molecule has 0 aromatic carbocycles. The molecule has 2 N–H and O–H groups in total. The highest BCUT2D eigenvalue weighted by Gasteiger charge is 2.19. The minimum atomic E-state index is 0.101. The van der Waals surface area contributed by atoms with Crippen molar-refractivity contribution in [1.82, 2.24) is 9.88 Å². The van der Waals surface area contributed by atoms with Crippen LogP contribution in [-0.2, 0) is 0 Å². The molecule has 0 aliphatic carbocycles. The molecule has 1 atom stereocenters. The first-order chi connectivity index (χ1) is 7.25. The van der Waals surface area contributed by atoms with Crippen molar-refractivity contribution in [3.8, 4) is 5.88 Å². The lowest BCUT2D eigenvalue weighted by Crippen LogP contribution is -2.34. The maximum Gasteiger partial charge on any atom is 0.214 e. The average molecular weight is 207 g/mol. The Morgan fingerprint density at radius 1 is 1.40 bits per heavy atom. The Morgan fingerprint density at radius 3 is 2.73 bits per heavy atom. The van der Waals surface area contributed by atoms with Crippen molar-refractivity contribution in [2.24, 2.45) is 0 Å². The first-order valence-electron chi connectivity index (χ1n) is 5.38. The summed E-state index contributed by atoms with van der Waals surface area (Å²) in [7, 11) is 0. The van der Waals surface area contributed by atoms with Gasteiger partial charge in [0.2, 0.25) is 5.88 Å². The fourth-order valence-electron chi connectivity index (χ4n) is 1.82. The van der Waals surface area contributed by atoms with Crippen LogP contribution < -0.4 is 10.5 Å². The van der Waals surface area contributed by atoms with E-state index < -0.39 is 0 Å². The Balaban J connectivity index is 1.92. The molecule has 1 aromatic rings. The molecule has 1 aliphatic heterocycles. The van der Waals surface area contributed by atoms with E-state index in [1.807, 2.05) is 6.07 Å². The van der Waals surface area contributed by atoms with Gasteiger partial charge in [0.05, 0.1) is 11.9 Å². The summed E-state index contributed by atoms with van der Waals surface area (Å²) in [6.07, 6.45) is 4.25. The van der Waals surface area contributed by atoms with Gasteiger partial charge in [-0.05, 0) is 25.8 Å². The third kappa shape index (κ3) is 2.59. The zero-order valence-corrected chi connectivity index (χ0v) is 9.02. The number of hydrogen-bond acceptors (Lipinski definition) is 4. The highest BCUT2D eigenvalue weighted by Crippen LogP contribution is 2.16. The zero-order chi connectivity index (χ0) is 10.7. The number of anilines is 1. The summed E-state index contributed by atoms with van der Waals surface area (Å²) in [5.74, 6) is 0.642. The number of likely N-dealkylation sites (tertiary alicyclic amines) is 1. The second-order valence-corrected chi connectivity index (χ2v) is 3.89. The summed E-state index contributed by atoms with van der Waals surface area (Å²) in [6.45, 7) is 4.30. The maximum absolute atomic E-state index is 5.71. The average Bonchev–Trinajstić information content (AvgIpc) is 2.74. The van der Waals surface area contributed by atoms with Crippen molar-refractivity contribution in [2.75, 3.05) is 18.8 Å². The highest BCUT2D eigenvalue weighted by atomic mass is 16.5. The Kier molecular flexibility index (Phi) is 3.06. The zero-order valence-electron chi connectivity index (χ0n) is 9.02. The van der Waals surface area contributed by atoms with E-state index in [1.165, 1.54) is 12.8 Å². The summed E-state index contributed by atoms with van der Waals surface area (Å²) < 4.78 is 5.71. The number of nitrogen functional groups attached to an aromatic ring is 1. The number of nitrogens with two attached hydrogens (primary N) is 1. The largest absolute Gasteiger partial charge is 0.459 e. The summed E-state index contributed by atoms with van der Waals surface area (Å²) in [6, 6.07) is 3.61. The van der Waals surface area contributed by atoms with E-state index in [0.29, 0.717) is 11.6 Å². The standard InChI is InChI=1S/C11H17N3O/c1-9(14-6-2-3-7-14)15-11-5-4-10(12)8-13-11/h4-5,8-9H,2-3,6-7,12H2,1H3. The molecule has 0 spiro atoms. The molecule has 4 nitrogen and oxygen atoms in total. The molecule has 1 saturated heterocycles. The van der Waals surface area contributed by atoms with Crippen LogP contribution in [0.25, 0.3) is 0 Å². The number of pyridine rings is 1. The van der Waals surface area contributed by atoms with Crippen LogP contribution in [0.15, 0.2) is 18.3 Å². The van der Waals surface area contributed by atoms with Crippen molar-refractivity contribution in [3.63, 3.8) is 0 Å². The third-order valence-corrected chi connectivity index (χ3v) is 2.71. The predicted octanol–water partition coefficient (Wildman–Crippen LogP) is 1.48. The molecular weight excluding hydrogens is 190 g/mol. The minimum Gasteiger partial charge on any atom is -0.459 e. The molecule has 2 rings (SSSR count). The molecule has 2 heterocycles. The van der Waals surface area contributed by atoms with Gasteiger partial charge in [0, 0.05) is 19.2 Å². The van der Waals surface area contributed by atoms with E-state index in [4.69, 9.17) is 10.5 Å². The summed E-state index contributed by atoms with van der Waals surface area (Å²) in [4.78, 5) is 6.43. The number of nitrogens with zero attached hydrogens (tertiary/aromatic N) is 2. The quantitative estimate of drug-likeness (QED) is 0.815. The van der Waals surface area contributed by atoms with Crippen LogP contribution in [0.4, 0.5) is 5.69 Å². The molecular formula is C11H17N3O. The highest BCUT2D eigenvalue weighted by molar-refractivity contribution is 5.35. The summed E-state index contributed by atoms with van der Waals surface area (Å²) in [5.41, 5.74) is 6.21. The number of rotatable bonds is 3. The van der Waals surface area contributed by atoms with E-state index in [1.54, 1.807) is 12.3 Å². The number of ether oxygens (including phenoxy) is 1. The van der Waals surface area contributed by atoms with Gasteiger partial charge in [-0.1, -0.05) is 0 Å². The van der Waals surface area contributed by atoms with E-state index in [9.17, 15) is 0 Å². The second kappa shape index (κ2) is 4.49. The molecule has 0 saturated carbocycles. The molecule has 1 fully saturated rings. The van der Waals surface area contributed by atoms with Crippen molar-refractivity contribution in [1.29, 1.82) is 0 Å². The van der Waals surface area contributed by atoms with E-state index in [0.717, 1.165) is 13.1 Å². The van der Waals surface area contributed by atoms with Gasteiger partial charge < -0.3 is 10.5 Å². The van der Waals surface area contributed by atoms with E-state index >= 15 is 0 Å². The van der Waals surface area contributed by atoms with Gasteiger partial charge >= 0.3 is 0 Å². The van der Waals surface area contributed by atoms with Crippen LogP contribution in [0.5, 0.6) is 5.88 Å². The minimum absolute atomic E-state index is 0.101. The molecule has 1 aromatic heterocycles. The van der Waals surface area contributed by atoms with Gasteiger partial charge in [-0.15, -0.1) is 0 Å². The van der Waals surface area contributed by atoms with Gasteiger partial charge in [-0.25, -0.2) is 4.98 Å². The van der Waals surface area contributed by atoms with Gasteiger partial charge in [0.1, 0.15) is 0 Å². The molecule has 82 valence electrons. The van der Waals surface area contributed by atoms with Crippen molar-refractivity contribution >= 4 is 5.69 Å². The lowest BCUT2D eigenvalue weighted by molar-refractivity contribution is 0.0552. The maximum atomic E-state index is 5.71. The van der Waals surface area contributed by atoms with Gasteiger partial charge in [-0.3, -0.25) is 4.90 Å². The van der Waals surface area contributed by atoms with Crippen LogP contribution in [0.1, 0.15) is 19.8 Å². The lowest BCUT2D eigenvalue weighted by atomic mass is 10.4. The Morgan fingerprint density at radius 2 is 2.13 bits per heavy atom. The molecule has 15 heavy (non-hydrogen) atoms. The SMILES string of the molecule is CC(Oc1ccc(N)cn1)N1CCCC1. The van der Waals surface area contributed by atoms with Crippen LogP contribution in [0.3, 0.4) is 0 Å². The first-order valence-corrected chi connectivity index (χ1v) is 5.38. The molecule has 4 heteroatoms. The Bertz CT molecular complexity index is 306. The first kappa shape index (κ1) is 10.2. The van der Waals surface area contributed by atoms with Gasteiger partial charge in [-0.2, -0.15) is 0 Å². The molecule has 0 bridgehead atoms. The topological polar surface area (TPSA) is 51.4 Å². The molecule has 1 aliphatic rings. The van der Waals surface area contributed by atoms with Gasteiger partial charge in [0.15, 0.2) is 6.23 Å². The monoisotopic (exact) mass is 207 g/mol.